The maximum atomic E-state index is 10.8. The van der Waals surface area contributed by atoms with E-state index in [0.717, 1.165) is 34.3 Å². The molecule has 0 saturated carbocycles. The summed E-state index contributed by atoms with van der Waals surface area (Å²) < 4.78 is 5.26. The first kappa shape index (κ1) is 9.00. The van der Waals surface area contributed by atoms with Crippen LogP contribution >= 0.6 is 0 Å². The molecule has 1 aromatic rings. The number of methoxy groups -OCH3 is 1. The zero-order valence-electron chi connectivity index (χ0n) is 8.33. The zero-order chi connectivity index (χ0) is 10.1. The van der Waals surface area contributed by atoms with Crippen LogP contribution in [0.3, 0.4) is 0 Å². The third-order valence-electron chi connectivity index (χ3n) is 2.75. The molecule has 2 heteroatoms. The number of rotatable bonds is 2. The van der Waals surface area contributed by atoms with Crippen molar-refractivity contribution in [3.63, 3.8) is 0 Å². The van der Waals surface area contributed by atoms with Crippen molar-refractivity contribution in [2.24, 2.45) is 0 Å². The van der Waals surface area contributed by atoms with Crippen molar-refractivity contribution in [2.45, 2.75) is 13.3 Å². The van der Waals surface area contributed by atoms with Gasteiger partial charge >= 0.3 is 0 Å². The minimum atomic E-state index is 0.703. The van der Waals surface area contributed by atoms with Crippen molar-refractivity contribution in [3.05, 3.63) is 34.9 Å². The number of benzene rings is 1. The molecule has 2 rings (SSSR count). The van der Waals surface area contributed by atoms with E-state index in [1.807, 2.05) is 25.1 Å². The van der Waals surface area contributed by atoms with Crippen LogP contribution in [0.1, 0.15) is 18.1 Å². The standard InChI is InChI=1S/C12H12O2/c1-8-9(7-13)6-11-10(8)4-3-5-12(11)14-2/h3-5,7H,6H2,1-2H3. The molecule has 14 heavy (non-hydrogen) atoms. The van der Waals surface area contributed by atoms with Crippen LogP contribution in [0.4, 0.5) is 0 Å². The van der Waals surface area contributed by atoms with Crippen molar-refractivity contribution in [2.75, 3.05) is 7.11 Å². The summed E-state index contributed by atoms with van der Waals surface area (Å²) in [4.78, 5) is 10.8. The van der Waals surface area contributed by atoms with Crippen LogP contribution in [0, 0.1) is 0 Å². The monoisotopic (exact) mass is 188 g/mol. The summed E-state index contributed by atoms with van der Waals surface area (Å²) in [6.45, 7) is 1.98. The van der Waals surface area contributed by atoms with Crippen molar-refractivity contribution in [1.29, 1.82) is 0 Å². The van der Waals surface area contributed by atoms with Gasteiger partial charge in [0.25, 0.3) is 0 Å². The maximum absolute atomic E-state index is 10.8. The van der Waals surface area contributed by atoms with E-state index in [1.165, 1.54) is 0 Å². The van der Waals surface area contributed by atoms with Crippen LogP contribution in [-0.4, -0.2) is 13.4 Å². The lowest BCUT2D eigenvalue weighted by atomic mass is 10.1. The molecule has 0 N–H and O–H groups in total. The van der Waals surface area contributed by atoms with Gasteiger partial charge in [-0.05, 0) is 29.7 Å². The number of aldehydes is 1. The minimum absolute atomic E-state index is 0.703. The molecule has 72 valence electrons. The molecule has 2 nitrogen and oxygen atoms in total. The summed E-state index contributed by atoms with van der Waals surface area (Å²) in [7, 11) is 1.66. The van der Waals surface area contributed by atoms with Crippen LogP contribution in [0.25, 0.3) is 5.57 Å². The molecule has 0 fully saturated rings. The Morgan fingerprint density at radius 1 is 1.43 bits per heavy atom. The van der Waals surface area contributed by atoms with Crippen LogP contribution in [-0.2, 0) is 11.2 Å². The third-order valence-corrected chi connectivity index (χ3v) is 2.75. The molecule has 1 aliphatic carbocycles. The first-order chi connectivity index (χ1) is 6.77. The number of carbonyl (C=O) groups excluding carboxylic acids is 1. The maximum Gasteiger partial charge on any atom is 0.146 e. The van der Waals surface area contributed by atoms with Crippen molar-refractivity contribution in [1.82, 2.24) is 0 Å². The SMILES string of the molecule is COc1cccc2c1CC(C=O)=C2C. The second-order valence-corrected chi connectivity index (χ2v) is 3.43. The van der Waals surface area contributed by atoms with Crippen LogP contribution in [0.5, 0.6) is 5.75 Å². The lowest BCUT2D eigenvalue weighted by molar-refractivity contribution is -0.104. The summed E-state index contributed by atoms with van der Waals surface area (Å²) in [5, 5.41) is 0. The smallest absolute Gasteiger partial charge is 0.146 e. The number of allylic oxidation sites excluding steroid dienone is 2. The molecule has 0 bridgehead atoms. The highest BCUT2D eigenvalue weighted by Gasteiger charge is 2.20. The quantitative estimate of drug-likeness (QED) is 0.665. The Bertz CT molecular complexity index is 416. The Balaban J connectivity index is 2.56. The van der Waals surface area contributed by atoms with Crippen LogP contribution in [0.15, 0.2) is 23.8 Å². The first-order valence-corrected chi connectivity index (χ1v) is 4.59. The van der Waals surface area contributed by atoms with E-state index in [9.17, 15) is 4.79 Å². The van der Waals surface area contributed by atoms with E-state index in [2.05, 4.69) is 0 Å². The van der Waals surface area contributed by atoms with E-state index in [1.54, 1.807) is 7.11 Å². The minimum Gasteiger partial charge on any atom is -0.496 e. The zero-order valence-corrected chi connectivity index (χ0v) is 8.33. The molecule has 0 spiro atoms. The Labute approximate surface area is 83.2 Å². The lowest BCUT2D eigenvalue weighted by Crippen LogP contribution is -1.92. The average Bonchev–Trinajstić information content (AvgIpc) is 2.55. The topological polar surface area (TPSA) is 26.3 Å². The van der Waals surface area contributed by atoms with E-state index in [4.69, 9.17) is 4.74 Å². The van der Waals surface area contributed by atoms with Crippen molar-refractivity contribution in [3.8, 4) is 5.75 Å². The fraction of sp³-hybridized carbons (Fsp3) is 0.250. The molecule has 0 radical (unpaired) electrons. The summed E-state index contributed by atoms with van der Waals surface area (Å²) in [5.41, 5.74) is 4.22. The average molecular weight is 188 g/mol. The van der Waals surface area contributed by atoms with Crippen molar-refractivity contribution < 1.29 is 9.53 Å². The van der Waals surface area contributed by atoms with Gasteiger partial charge in [-0.25, -0.2) is 0 Å². The normalized spacial score (nSPS) is 14.1. The Hall–Kier alpha value is -1.57. The van der Waals surface area contributed by atoms with Crippen molar-refractivity contribution >= 4 is 11.9 Å². The highest BCUT2D eigenvalue weighted by molar-refractivity contribution is 5.93. The number of carbonyl (C=O) groups is 1. The molecule has 0 aliphatic heterocycles. The molecule has 1 aromatic carbocycles. The second kappa shape index (κ2) is 3.29. The van der Waals surface area contributed by atoms with Gasteiger partial charge in [0, 0.05) is 12.0 Å². The van der Waals surface area contributed by atoms with E-state index in [0.29, 0.717) is 6.42 Å². The summed E-state index contributed by atoms with van der Waals surface area (Å²) in [6.07, 6.45) is 1.64. The number of ether oxygens (including phenoxy) is 1. The van der Waals surface area contributed by atoms with Gasteiger partial charge < -0.3 is 4.74 Å². The first-order valence-electron chi connectivity index (χ1n) is 4.59. The van der Waals surface area contributed by atoms with Gasteiger partial charge in [-0.3, -0.25) is 4.79 Å². The molecule has 1 aliphatic rings. The highest BCUT2D eigenvalue weighted by Crippen LogP contribution is 2.36. The third kappa shape index (κ3) is 1.15. The van der Waals surface area contributed by atoms with Gasteiger partial charge in [0.15, 0.2) is 0 Å². The van der Waals surface area contributed by atoms with Gasteiger partial charge in [-0.2, -0.15) is 0 Å². The largest absolute Gasteiger partial charge is 0.496 e. The Morgan fingerprint density at radius 2 is 2.21 bits per heavy atom. The Morgan fingerprint density at radius 3 is 2.86 bits per heavy atom. The molecule has 0 aromatic heterocycles. The van der Waals surface area contributed by atoms with Gasteiger partial charge in [0.1, 0.15) is 12.0 Å². The highest BCUT2D eigenvalue weighted by atomic mass is 16.5. The fourth-order valence-corrected chi connectivity index (χ4v) is 1.92. The summed E-state index contributed by atoms with van der Waals surface area (Å²) in [5.74, 6) is 0.874. The number of hydrogen-bond donors (Lipinski definition) is 0. The Kier molecular flexibility index (Phi) is 2.12. The molecular formula is C12H12O2. The molecule has 0 heterocycles. The number of hydrogen-bond acceptors (Lipinski definition) is 2. The second-order valence-electron chi connectivity index (χ2n) is 3.43. The molecule has 0 saturated heterocycles. The lowest BCUT2D eigenvalue weighted by Gasteiger charge is -2.06. The number of fused-ring (bicyclic) bond motifs is 1. The summed E-state index contributed by atoms with van der Waals surface area (Å²) >= 11 is 0. The molecule has 0 atom stereocenters. The summed E-state index contributed by atoms with van der Waals surface area (Å²) in [6, 6.07) is 5.92. The van der Waals surface area contributed by atoms with Gasteiger partial charge in [-0.15, -0.1) is 0 Å². The predicted octanol–water partition coefficient (Wildman–Crippen LogP) is 2.22. The van der Waals surface area contributed by atoms with Crippen LogP contribution < -0.4 is 4.74 Å². The molecule has 0 amide bonds. The molecular weight excluding hydrogens is 176 g/mol. The van der Waals surface area contributed by atoms with Gasteiger partial charge in [0.05, 0.1) is 7.11 Å². The van der Waals surface area contributed by atoms with E-state index >= 15 is 0 Å². The van der Waals surface area contributed by atoms with E-state index in [-0.39, 0.29) is 0 Å². The van der Waals surface area contributed by atoms with E-state index < -0.39 is 0 Å². The fourth-order valence-electron chi connectivity index (χ4n) is 1.92. The molecule has 0 unspecified atom stereocenters. The van der Waals surface area contributed by atoms with Crippen LogP contribution in [0.2, 0.25) is 0 Å². The van der Waals surface area contributed by atoms with Gasteiger partial charge in [0.2, 0.25) is 0 Å². The predicted molar refractivity (Wildman–Crippen MR) is 55.4 cm³/mol. The van der Waals surface area contributed by atoms with Gasteiger partial charge in [-0.1, -0.05) is 12.1 Å².